The molecule has 6 aliphatic carbocycles. The first-order valence-electron chi connectivity index (χ1n) is 23.7. The number of allylic oxidation sites excluding steroid dienone is 11. The van der Waals surface area contributed by atoms with E-state index in [1.54, 1.807) is 0 Å². The van der Waals surface area contributed by atoms with E-state index < -0.39 is 16.8 Å². The van der Waals surface area contributed by atoms with Crippen LogP contribution in [0.1, 0.15) is 86.0 Å². The highest BCUT2D eigenvalue weighted by molar-refractivity contribution is 5.91. The second-order valence-corrected chi connectivity index (χ2v) is 18.6. The Balaban J connectivity index is 1.05. The first-order valence-corrected chi connectivity index (χ1v) is 23.7. The van der Waals surface area contributed by atoms with Crippen LogP contribution in [0.5, 0.6) is 11.5 Å². The summed E-state index contributed by atoms with van der Waals surface area (Å²) in [5, 5.41) is 41.0. The molecule has 3 N–H and O–H groups in total. The lowest BCUT2D eigenvalue weighted by Crippen LogP contribution is -2.31. The van der Waals surface area contributed by atoms with Gasteiger partial charge >= 0.3 is 0 Å². The fraction of sp³-hybridized carbons (Fsp3) is 0.0923. The van der Waals surface area contributed by atoms with Crippen molar-refractivity contribution in [3.8, 4) is 22.6 Å². The topological polar surface area (TPSA) is 69.9 Å². The molecule has 330 valence electrons. The molecule has 0 aromatic heterocycles. The molecule has 0 saturated carbocycles. The highest BCUT2D eigenvalue weighted by Gasteiger charge is 2.50. The van der Waals surface area contributed by atoms with Crippen LogP contribution in [0.4, 0.5) is 0 Å². The van der Waals surface area contributed by atoms with Crippen molar-refractivity contribution >= 4 is 17.2 Å². The Morgan fingerprint density at radius 1 is 0.580 bits per heavy atom. The number of hydrogen-bond donors (Lipinski definition) is 3. The summed E-state index contributed by atoms with van der Waals surface area (Å²) in [5.41, 5.74) is 14.8. The molecule has 0 amide bonds. The summed E-state index contributed by atoms with van der Waals surface area (Å²) in [4.78, 5) is 0. The van der Waals surface area contributed by atoms with Gasteiger partial charge in [-0.2, -0.15) is 0 Å². The van der Waals surface area contributed by atoms with Crippen LogP contribution in [0.15, 0.2) is 241 Å². The van der Waals surface area contributed by atoms with E-state index in [-0.39, 0.29) is 5.92 Å². The van der Waals surface area contributed by atoms with Crippen LogP contribution >= 0.6 is 0 Å². The van der Waals surface area contributed by atoms with Crippen LogP contribution in [-0.4, -0.2) is 15.3 Å². The second-order valence-electron chi connectivity index (χ2n) is 18.6. The normalized spacial score (nSPS) is 21.6. The quantitative estimate of drug-likeness (QED) is 0.105. The van der Waals surface area contributed by atoms with E-state index in [1.165, 1.54) is 5.56 Å². The third-order valence-electron chi connectivity index (χ3n) is 15.2. The van der Waals surface area contributed by atoms with E-state index in [0.29, 0.717) is 51.3 Å². The number of ether oxygens (including phenoxy) is 1. The van der Waals surface area contributed by atoms with Gasteiger partial charge in [-0.25, -0.2) is 0 Å². The number of fused-ring (bicyclic) bond motifs is 8. The monoisotopic (exact) mass is 890 g/mol. The molecular formula is C65H46O4. The zero-order chi connectivity index (χ0) is 46.5. The van der Waals surface area contributed by atoms with E-state index >= 15 is 0 Å². The van der Waals surface area contributed by atoms with Crippen molar-refractivity contribution in [1.29, 1.82) is 0 Å². The summed E-state index contributed by atoms with van der Waals surface area (Å²) in [6.07, 6.45) is 23.1. The number of benzene rings is 7. The zero-order valence-corrected chi connectivity index (χ0v) is 37.9. The van der Waals surface area contributed by atoms with Crippen molar-refractivity contribution in [2.24, 2.45) is 0 Å². The van der Waals surface area contributed by atoms with Gasteiger partial charge in [0.05, 0.1) is 0 Å². The van der Waals surface area contributed by atoms with Gasteiger partial charge in [-0.15, -0.1) is 5.73 Å². The van der Waals surface area contributed by atoms with Crippen LogP contribution in [0.2, 0.25) is 0 Å². The van der Waals surface area contributed by atoms with Crippen molar-refractivity contribution in [2.45, 2.75) is 36.1 Å². The molecule has 4 heteroatoms. The molecule has 13 rings (SSSR count). The molecule has 0 spiro atoms. The number of aliphatic hydroxyl groups is 3. The van der Waals surface area contributed by atoms with Crippen molar-refractivity contribution in [1.82, 2.24) is 0 Å². The Morgan fingerprint density at radius 2 is 1.19 bits per heavy atom. The van der Waals surface area contributed by atoms with Crippen molar-refractivity contribution in [3.63, 3.8) is 0 Å². The van der Waals surface area contributed by atoms with Crippen LogP contribution in [0, 0.1) is 0 Å². The van der Waals surface area contributed by atoms with E-state index in [1.807, 2.05) is 159 Å². The highest BCUT2D eigenvalue weighted by Crippen LogP contribution is 2.59. The molecule has 7 aromatic rings. The number of hydrogen-bond acceptors (Lipinski definition) is 4. The summed E-state index contributed by atoms with van der Waals surface area (Å²) in [7, 11) is 0. The molecule has 7 aromatic carbocycles. The van der Waals surface area contributed by atoms with Gasteiger partial charge in [0.2, 0.25) is 0 Å². The Hall–Kier alpha value is -8.08. The molecule has 3 atom stereocenters. The van der Waals surface area contributed by atoms with Gasteiger partial charge in [-0.3, -0.25) is 0 Å². The lowest BCUT2D eigenvalue weighted by Gasteiger charge is -2.34. The van der Waals surface area contributed by atoms with Crippen LogP contribution in [-0.2, 0) is 16.8 Å². The maximum atomic E-state index is 13.8. The fourth-order valence-electron chi connectivity index (χ4n) is 12.1. The van der Waals surface area contributed by atoms with Crippen molar-refractivity contribution in [2.75, 3.05) is 0 Å². The predicted octanol–water partition coefficient (Wildman–Crippen LogP) is 13.7. The van der Waals surface area contributed by atoms with Gasteiger partial charge in [-0.05, 0) is 117 Å². The Morgan fingerprint density at radius 3 is 1.91 bits per heavy atom. The maximum Gasteiger partial charge on any atom is 0.145 e. The average Bonchev–Trinajstić information content (AvgIpc) is 4.14. The van der Waals surface area contributed by atoms with E-state index in [9.17, 15) is 15.3 Å². The molecule has 0 radical (unpaired) electrons. The standard InChI is InChI=1S/C65H46O4/c1-2-3-5-20-42-38-41-19-8-9-21-45(41)62(42)43-34-36-60(58(39-43)64(67)54-30-15-13-26-50(54)51-27-18-33-57(51)64)69-61-37-35-44(63(66)52-28-7-4-6-22-46(52)47-23-10-14-29-53(47)63)40-59(61)65(68)55-31-16-11-24-48(55)49-25-12-17-32-56(49)65/h2-6,8-32,34-40,62,66-68H,33H2,1H3/b3-2-,20-5-. The highest BCUT2D eigenvalue weighted by atomic mass is 16.5. The predicted molar refractivity (Wildman–Crippen MR) is 275 cm³/mol. The Kier molecular flexibility index (Phi) is 9.23. The van der Waals surface area contributed by atoms with E-state index in [4.69, 9.17) is 4.74 Å². The number of rotatable bonds is 8. The second kappa shape index (κ2) is 15.5. The average molecular weight is 891 g/mol. The van der Waals surface area contributed by atoms with E-state index in [2.05, 4.69) is 78.6 Å². The van der Waals surface area contributed by atoms with Gasteiger partial charge in [0, 0.05) is 44.9 Å². The zero-order valence-electron chi connectivity index (χ0n) is 37.9. The molecule has 0 aliphatic heterocycles. The molecule has 3 unspecified atom stereocenters. The summed E-state index contributed by atoms with van der Waals surface area (Å²) >= 11 is 0. The first-order chi connectivity index (χ1) is 33.8. The lowest BCUT2D eigenvalue weighted by molar-refractivity contribution is 0.118. The molecule has 0 bridgehead atoms. The summed E-state index contributed by atoms with van der Waals surface area (Å²) in [6, 6.07) is 52.5. The molecule has 69 heavy (non-hydrogen) atoms. The maximum absolute atomic E-state index is 13.8. The SMILES string of the molecule is C/C=C\C=C/C1=Cc2ccccc2C1c1ccc(Oc2ccc(C3(O)C4=C(C=CC=C=C4)c4ccccc43)cc2C2(O)c3ccccc3-c3ccccc32)c(C2(O)C3=C(C=CC3)c3ccccc32)c1. The smallest absolute Gasteiger partial charge is 0.145 e. The molecule has 6 aliphatic rings. The molecule has 0 saturated heterocycles. The molecule has 0 fully saturated rings. The van der Waals surface area contributed by atoms with Crippen LogP contribution in [0.3, 0.4) is 0 Å². The van der Waals surface area contributed by atoms with Gasteiger partial charge in [0.15, 0.2) is 0 Å². The van der Waals surface area contributed by atoms with Crippen LogP contribution < -0.4 is 4.74 Å². The first kappa shape index (κ1) is 41.1. The van der Waals surface area contributed by atoms with Gasteiger partial charge in [0.25, 0.3) is 0 Å². The molecule has 4 nitrogen and oxygen atoms in total. The van der Waals surface area contributed by atoms with Gasteiger partial charge < -0.3 is 20.1 Å². The van der Waals surface area contributed by atoms with Crippen LogP contribution in [0.25, 0.3) is 28.3 Å². The van der Waals surface area contributed by atoms with Crippen molar-refractivity contribution in [3.05, 3.63) is 308 Å². The van der Waals surface area contributed by atoms with Crippen molar-refractivity contribution < 1.29 is 20.1 Å². The van der Waals surface area contributed by atoms with E-state index in [0.717, 1.165) is 66.8 Å². The molecular weight excluding hydrogens is 845 g/mol. The minimum atomic E-state index is -1.71. The summed E-state index contributed by atoms with van der Waals surface area (Å²) < 4.78 is 7.40. The van der Waals surface area contributed by atoms with Gasteiger partial charge in [0.1, 0.15) is 28.3 Å². The third-order valence-corrected chi connectivity index (χ3v) is 15.2. The minimum Gasteiger partial charge on any atom is -0.457 e. The molecule has 0 heterocycles. The lowest BCUT2D eigenvalue weighted by atomic mass is 9.78. The summed E-state index contributed by atoms with van der Waals surface area (Å²) in [6.45, 7) is 2.01. The minimum absolute atomic E-state index is 0.107. The van der Waals surface area contributed by atoms with Gasteiger partial charge in [-0.1, -0.05) is 188 Å². The third kappa shape index (κ3) is 5.82. The Labute approximate surface area is 401 Å². The fourth-order valence-corrected chi connectivity index (χ4v) is 12.1. The Bertz CT molecular complexity index is 3630. The summed E-state index contributed by atoms with van der Waals surface area (Å²) in [5.74, 6) is 0.730. The largest absolute Gasteiger partial charge is 0.457 e.